The normalized spacial score (nSPS) is 29.9. The zero-order valence-corrected chi connectivity index (χ0v) is 19.4. The van der Waals surface area contributed by atoms with Crippen molar-refractivity contribution in [3.8, 4) is 16.9 Å². The van der Waals surface area contributed by atoms with E-state index in [0.29, 0.717) is 24.1 Å². The quantitative estimate of drug-likeness (QED) is 0.635. The van der Waals surface area contributed by atoms with Gasteiger partial charge in [-0.05, 0) is 51.0 Å². The molecule has 10 heteroatoms. The summed E-state index contributed by atoms with van der Waals surface area (Å²) in [6.07, 6.45) is 6.77. The van der Waals surface area contributed by atoms with E-state index in [0.717, 1.165) is 49.2 Å². The molecule has 3 N–H and O–H groups in total. The molecular weight excluding hydrogens is 442 g/mol. The number of hydrogen-bond acceptors (Lipinski definition) is 8. The Morgan fingerprint density at radius 2 is 2.06 bits per heavy atom. The zero-order valence-electron chi connectivity index (χ0n) is 19.4. The topological polar surface area (TPSA) is 101 Å². The molecule has 2 aliphatic carbocycles. The number of anilines is 2. The molecule has 3 saturated heterocycles. The molecule has 34 heavy (non-hydrogen) atoms. The lowest BCUT2D eigenvalue weighted by atomic mass is 9.86. The van der Waals surface area contributed by atoms with Gasteiger partial charge < -0.3 is 20.5 Å². The highest BCUT2D eigenvalue weighted by Gasteiger charge is 2.63. The van der Waals surface area contributed by atoms with E-state index in [1.807, 2.05) is 13.8 Å². The van der Waals surface area contributed by atoms with Crippen LogP contribution in [0.3, 0.4) is 0 Å². The third-order valence-electron chi connectivity index (χ3n) is 7.85. The van der Waals surface area contributed by atoms with Crippen LogP contribution in [-0.2, 0) is 5.41 Å². The molecule has 3 aliphatic heterocycles. The number of nitrogens with two attached hydrogens (primary N) is 1. The van der Waals surface area contributed by atoms with Gasteiger partial charge in [0.2, 0.25) is 5.95 Å². The second-order valence-electron chi connectivity index (χ2n) is 11.1. The van der Waals surface area contributed by atoms with E-state index in [4.69, 9.17) is 15.7 Å². The Kier molecular flexibility index (Phi) is 4.80. The van der Waals surface area contributed by atoms with Gasteiger partial charge in [-0.1, -0.05) is 0 Å². The third kappa shape index (κ3) is 3.67. The number of alkyl halides is 2. The highest BCUT2D eigenvalue weighted by Crippen LogP contribution is 2.60. The van der Waals surface area contributed by atoms with Gasteiger partial charge in [0.1, 0.15) is 0 Å². The summed E-state index contributed by atoms with van der Waals surface area (Å²) in [6.45, 7) is 3.92. The minimum Gasteiger partial charge on any atom is -0.431 e. The number of aromatic nitrogens is 3. The average molecular weight is 473 g/mol. The zero-order chi connectivity index (χ0) is 23.8. The number of aliphatic hydroxyl groups is 1. The van der Waals surface area contributed by atoms with Crippen LogP contribution in [0, 0.1) is 11.8 Å². The summed E-state index contributed by atoms with van der Waals surface area (Å²) in [5.41, 5.74) is 7.16. The molecule has 5 fully saturated rings. The maximum atomic E-state index is 12.9. The summed E-state index contributed by atoms with van der Waals surface area (Å²) >= 11 is 0. The van der Waals surface area contributed by atoms with E-state index in [9.17, 15) is 13.9 Å². The second kappa shape index (κ2) is 7.45. The number of pyridine rings is 1. The highest BCUT2D eigenvalue weighted by atomic mass is 19.3. The van der Waals surface area contributed by atoms with E-state index in [-0.39, 0.29) is 17.0 Å². The van der Waals surface area contributed by atoms with Gasteiger partial charge in [0, 0.05) is 61.2 Å². The van der Waals surface area contributed by atoms with E-state index >= 15 is 0 Å². The maximum Gasteiger partial charge on any atom is 0.387 e. The van der Waals surface area contributed by atoms with E-state index in [1.165, 1.54) is 18.9 Å². The van der Waals surface area contributed by atoms with Crippen LogP contribution in [0.25, 0.3) is 11.1 Å². The van der Waals surface area contributed by atoms with Crippen LogP contribution in [-0.4, -0.2) is 69.4 Å². The summed E-state index contributed by atoms with van der Waals surface area (Å²) in [7, 11) is 0. The van der Waals surface area contributed by atoms with Crippen molar-refractivity contribution in [3.05, 3.63) is 24.2 Å². The summed E-state index contributed by atoms with van der Waals surface area (Å²) in [5, 5.41) is 10.3. The van der Waals surface area contributed by atoms with Crippen molar-refractivity contribution in [1.29, 1.82) is 0 Å². The number of likely N-dealkylation sites (tertiary alicyclic amines) is 1. The average Bonchev–Trinajstić information content (AvgIpc) is 3.09. The Labute approximate surface area is 197 Å². The first-order valence-corrected chi connectivity index (χ1v) is 11.9. The van der Waals surface area contributed by atoms with Gasteiger partial charge in [0.25, 0.3) is 0 Å². The largest absolute Gasteiger partial charge is 0.431 e. The van der Waals surface area contributed by atoms with Crippen molar-refractivity contribution >= 4 is 11.8 Å². The van der Waals surface area contributed by atoms with Gasteiger partial charge in [0.15, 0.2) is 11.6 Å². The molecule has 5 aliphatic rings. The molecule has 2 aromatic heterocycles. The molecule has 0 spiro atoms. The molecule has 2 bridgehead atoms. The lowest BCUT2D eigenvalue weighted by Crippen LogP contribution is -2.39. The summed E-state index contributed by atoms with van der Waals surface area (Å²) in [6, 6.07) is 2.01. The molecular formula is C24H30F2N6O2. The van der Waals surface area contributed by atoms with E-state index in [1.54, 1.807) is 12.4 Å². The number of nitrogen functional groups attached to an aromatic ring is 1. The molecule has 2 unspecified atom stereocenters. The van der Waals surface area contributed by atoms with Crippen molar-refractivity contribution < 1.29 is 18.6 Å². The van der Waals surface area contributed by atoms with Crippen molar-refractivity contribution in [1.82, 2.24) is 19.9 Å². The first-order valence-electron chi connectivity index (χ1n) is 11.9. The van der Waals surface area contributed by atoms with Crippen molar-refractivity contribution in [3.63, 3.8) is 0 Å². The molecule has 0 aromatic carbocycles. The first kappa shape index (κ1) is 21.9. The lowest BCUT2D eigenvalue weighted by molar-refractivity contribution is -0.0494. The van der Waals surface area contributed by atoms with E-state index < -0.39 is 12.2 Å². The highest BCUT2D eigenvalue weighted by molar-refractivity contribution is 5.71. The third-order valence-corrected chi connectivity index (χ3v) is 7.85. The van der Waals surface area contributed by atoms with Gasteiger partial charge >= 0.3 is 6.61 Å². The number of piperidine rings is 1. The lowest BCUT2D eigenvalue weighted by Gasteiger charge is -2.29. The van der Waals surface area contributed by atoms with Crippen LogP contribution in [0.4, 0.5) is 20.5 Å². The Hall–Kier alpha value is -2.59. The molecule has 182 valence electrons. The molecule has 2 atom stereocenters. The van der Waals surface area contributed by atoms with Crippen molar-refractivity contribution in [2.24, 2.45) is 11.8 Å². The van der Waals surface area contributed by atoms with Gasteiger partial charge in [0.05, 0.1) is 11.3 Å². The molecule has 8 nitrogen and oxygen atoms in total. The van der Waals surface area contributed by atoms with Crippen LogP contribution in [0.15, 0.2) is 18.5 Å². The number of fused-ring (bicyclic) bond motifs is 2. The predicted octanol–water partition coefficient (Wildman–Crippen LogP) is 2.67. The van der Waals surface area contributed by atoms with Gasteiger partial charge in [-0.3, -0.25) is 4.90 Å². The van der Waals surface area contributed by atoms with Crippen LogP contribution in [0.1, 0.15) is 38.8 Å². The molecule has 0 radical (unpaired) electrons. The Morgan fingerprint density at radius 1 is 1.26 bits per heavy atom. The number of halogens is 2. The van der Waals surface area contributed by atoms with Crippen LogP contribution >= 0.6 is 0 Å². The van der Waals surface area contributed by atoms with Gasteiger partial charge in [-0.15, -0.1) is 0 Å². The summed E-state index contributed by atoms with van der Waals surface area (Å²) in [4.78, 5) is 18.5. The summed E-state index contributed by atoms with van der Waals surface area (Å²) < 4.78 is 30.4. The molecule has 2 aromatic rings. The monoisotopic (exact) mass is 472 g/mol. The van der Waals surface area contributed by atoms with Crippen molar-refractivity contribution in [2.45, 2.75) is 56.8 Å². The molecule has 7 rings (SSSR count). The number of nitrogens with zero attached hydrogens (tertiary/aromatic N) is 5. The fraction of sp³-hybridized carbons (Fsp3) is 0.625. The number of rotatable bonds is 7. The van der Waals surface area contributed by atoms with Gasteiger partial charge in [-0.25, -0.2) is 15.0 Å². The van der Waals surface area contributed by atoms with Crippen LogP contribution in [0.2, 0.25) is 0 Å². The minimum absolute atomic E-state index is 0.0836. The summed E-state index contributed by atoms with van der Waals surface area (Å²) in [5.74, 6) is 1.68. The SMILES string of the molecule is CC(C)(O)CN1CC2CC2(c2nc(N3CC4CC3C4)ncc2-c2cnc(N)c(OC(F)F)c2)C1. The van der Waals surface area contributed by atoms with Gasteiger partial charge in [-0.2, -0.15) is 8.78 Å². The van der Waals surface area contributed by atoms with E-state index in [2.05, 4.69) is 19.5 Å². The fourth-order valence-electron chi connectivity index (χ4n) is 6.29. The minimum atomic E-state index is -2.99. The Morgan fingerprint density at radius 3 is 2.74 bits per heavy atom. The van der Waals surface area contributed by atoms with Crippen molar-refractivity contribution in [2.75, 3.05) is 36.8 Å². The predicted molar refractivity (Wildman–Crippen MR) is 123 cm³/mol. The molecule has 0 amide bonds. The number of ether oxygens (including phenoxy) is 1. The smallest absolute Gasteiger partial charge is 0.387 e. The van der Waals surface area contributed by atoms with Crippen LogP contribution in [0.5, 0.6) is 5.75 Å². The molecule has 2 saturated carbocycles. The standard InChI is InChI=1S/C24H30F2N6O2/c1-23(2,33)11-31-10-15-6-24(15,12-31)19-17(14-5-18(34-21(25)26)20(27)28-7-14)8-29-22(30-19)32-9-13-3-16(32)4-13/h5,7-8,13,15-16,21,33H,3-4,6,9-12H2,1-2H3,(H2,27,28). The number of hydrogen-bond donors (Lipinski definition) is 2. The second-order valence-corrected chi connectivity index (χ2v) is 11.1. The fourth-order valence-corrected chi connectivity index (χ4v) is 6.29. The Balaban J connectivity index is 1.40. The Bertz CT molecular complexity index is 1120. The number of β-amino-alcohol motifs (C(OH)–C–C–N with tert-alkyl or cyclic N) is 1. The maximum absolute atomic E-state index is 12.9. The molecule has 5 heterocycles. The first-order chi connectivity index (χ1) is 16.1. The van der Waals surface area contributed by atoms with Crippen LogP contribution < -0.4 is 15.4 Å².